The van der Waals surface area contributed by atoms with E-state index < -0.39 is 5.82 Å². The topological polar surface area (TPSA) is 50.8 Å². The van der Waals surface area contributed by atoms with Gasteiger partial charge in [-0.1, -0.05) is 91.0 Å². The Hall–Kier alpha value is -5.19. The average molecular weight is 466 g/mol. The van der Waals surface area contributed by atoms with E-state index in [0.29, 0.717) is 5.69 Å². The second-order valence-corrected chi connectivity index (χ2v) is 8.21. The van der Waals surface area contributed by atoms with E-state index in [4.69, 9.17) is 0 Å². The minimum atomic E-state index is -0.807. The molecule has 0 N–H and O–H groups in total. The summed E-state index contributed by atoms with van der Waals surface area (Å²) in [6.45, 7) is 0. The van der Waals surface area contributed by atoms with E-state index in [1.807, 2.05) is 120 Å². The van der Waals surface area contributed by atoms with Crippen molar-refractivity contribution in [3.63, 3.8) is 0 Å². The van der Waals surface area contributed by atoms with Crippen LogP contribution in [0.2, 0.25) is 0 Å². The molecular weight excluding hydrogens is 445 g/mol. The first-order chi connectivity index (χ1) is 17.7. The molecule has 0 bridgehead atoms. The van der Waals surface area contributed by atoms with Gasteiger partial charge in [-0.05, 0) is 47.0 Å². The summed E-state index contributed by atoms with van der Waals surface area (Å²) in [5, 5.41) is 19.2. The molecule has 0 unspecified atom stereocenters. The number of rotatable bonds is 5. The Morgan fingerprint density at radius 2 is 1.08 bits per heavy atom. The molecule has 0 saturated heterocycles. The highest BCUT2D eigenvalue weighted by molar-refractivity contribution is 5.89. The molecule has 4 heteroatoms. The molecule has 0 radical (unpaired) electrons. The van der Waals surface area contributed by atoms with E-state index in [-0.39, 0.29) is 11.1 Å². The molecule has 0 fully saturated rings. The quantitative estimate of drug-likeness (QED) is 0.262. The number of hydrogen-bond donors (Lipinski definition) is 0. The van der Waals surface area contributed by atoms with Gasteiger partial charge in [0, 0.05) is 16.9 Å². The van der Waals surface area contributed by atoms with Crippen LogP contribution in [-0.2, 0) is 0 Å². The van der Waals surface area contributed by atoms with Crippen molar-refractivity contribution >= 4 is 17.1 Å². The number of hydrogen-bond acceptors (Lipinski definition) is 3. The largest absolute Gasteiger partial charge is 0.310 e. The number of para-hydroxylation sites is 1. The van der Waals surface area contributed by atoms with Crippen molar-refractivity contribution in [3.8, 4) is 34.4 Å². The van der Waals surface area contributed by atoms with Gasteiger partial charge in [-0.3, -0.25) is 0 Å². The molecule has 0 saturated carbocycles. The van der Waals surface area contributed by atoms with Gasteiger partial charge in [0.25, 0.3) is 0 Å². The van der Waals surface area contributed by atoms with Crippen LogP contribution >= 0.6 is 0 Å². The molecule has 5 rings (SSSR count). The molecule has 5 aromatic carbocycles. The summed E-state index contributed by atoms with van der Waals surface area (Å²) in [6.07, 6.45) is 0. The van der Waals surface area contributed by atoms with E-state index in [1.54, 1.807) is 0 Å². The predicted molar refractivity (Wildman–Crippen MR) is 141 cm³/mol. The normalized spacial score (nSPS) is 10.3. The molecule has 0 aliphatic rings. The molecular formula is C32H20FN3. The SMILES string of the molecule is N#Cc1cc(N(c2cccc(-c3ccccc3)c2)c2ccccc2-c2ccccc2)cc(C#N)c1F. The van der Waals surface area contributed by atoms with E-state index >= 15 is 0 Å². The number of nitrogens with zero attached hydrogens (tertiary/aromatic N) is 3. The standard InChI is InChI=1S/C32H20FN3/c33-32-26(21-34)19-29(20-27(32)22-35)36(28-15-9-14-25(18-28)23-10-3-1-4-11-23)31-17-8-7-16-30(31)24-12-5-2-6-13-24/h1-20H. The number of halogens is 1. The van der Waals surface area contributed by atoms with Gasteiger partial charge in [-0.2, -0.15) is 10.5 Å². The molecule has 5 aromatic rings. The Kier molecular flexibility index (Phi) is 6.26. The number of anilines is 3. The Labute approximate surface area is 209 Å². The lowest BCUT2D eigenvalue weighted by Crippen LogP contribution is -2.12. The predicted octanol–water partition coefficient (Wildman–Crippen LogP) is 8.37. The van der Waals surface area contributed by atoms with Crippen LogP contribution in [0.3, 0.4) is 0 Å². The third-order valence-electron chi connectivity index (χ3n) is 6.00. The van der Waals surface area contributed by atoms with Gasteiger partial charge in [0.05, 0.1) is 16.8 Å². The second-order valence-electron chi connectivity index (χ2n) is 8.21. The second kappa shape index (κ2) is 9.97. The van der Waals surface area contributed by atoms with Crippen LogP contribution < -0.4 is 4.90 Å². The van der Waals surface area contributed by atoms with Crippen molar-refractivity contribution < 1.29 is 4.39 Å². The summed E-state index contributed by atoms with van der Waals surface area (Å²) >= 11 is 0. The van der Waals surface area contributed by atoms with Crippen molar-refractivity contribution in [2.75, 3.05) is 4.90 Å². The fraction of sp³-hybridized carbons (Fsp3) is 0. The van der Waals surface area contributed by atoms with Gasteiger partial charge >= 0.3 is 0 Å². The third-order valence-corrected chi connectivity index (χ3v) is 6.00. The minimum Gasteiger partial charge on any atom is -0.310 e. The number of benzene rings is 5. The van der Waals surface area contributed by atoms with Crippen LogP contribution in [0, 0.1) is 28.5 Å². The molecule has 0 aromatic heterocycles. The fourth-order valence-electron chi connectivity index (χ4n) is 4.31. The molecule has 3 nitrogen and oxygen atoms in total. The first-order valence-electron chi connectivity index (χ1n) is 11.4. The van der Waals surface area contributed by atoms with Crippen LogP contribution in [0.1, 0.15) is 11.1 Å². The van der Waals surface area contributed by atoms with Gasteiger partial charge in [0.15, 0.2) is 5.82 Å². The Morgan fingerprint density at radius 3 is 1.72 bits per heavy atom. The Balaban J connectivity index is 1.78. The van der Waals surface area contributed by atoms with Gasteiger partial charge in [0.1, 0.15) is 12.1 Å². The molecule has 0 aliphatic heterocycles. The van der Waals surface area contributed by atoms with Gasteiger partial charge in [0.2, 0.25) is 0 Å². The van der Waals surface area contributed by atoms with Crippen LogP contribution in [-0.4, -0.2) is 0 Å². The molecule has 36 heavy (non-hydrogen) atoms. The van der Waals surface area contributed by atoms with Crippen molar-refractivity contribution in [1.82, 2.24) is 0 Å². The molecule has 170 valence electrons. The minimum absolute atomic E-state index is 0.176. The summed E-state index contributed by atoms with van der Waals surface area (Å²) in [6, 6.07) is 42.7. The summed E-state index contributed by atoms with van der Waals surface area (Å²) in [5.74, 6) is -0.807. The van der Waals surface area contributed by atoms with Crippen molar-refractivity contribution in [3.05, 3.63) is 138 Å². The number of nitriles is 2. The maximum atomic E-state index is 14.7. The van der Waals surface area contributed by atoms with Crippen molar-refractivity contribution in [2.45, 2.75) is 0 Å². The molecule has 0 atom stereocenters. The lowest BCUT2D eigenvalue weighted by atomic mass is 10.00. The molecule has 0 spiro atoms. The summed E-state index contributed by atoms with van der Waals surface area (Å²) in [4.78, 5) is 1.97. The monoisotopic (exact) mass is 465 g/mol. The zero-order valence-corrected chi connectivity index (χ0v) is 19.3. The first-order valence-corrected chi connectivity index (χ1v) is 11.4. The smallest absolute Gasteiger partial charge is 0.158 e. The first kappa shape index (κ1) is 22.6. The highest BCUT2D eigenvalue weighted by Crippen LogP contribution is 2.42. The fourth-order valence-corrected chi connectivity index (χ4v) is 4.31. The Morgan fingerprint density at radius 1 is 0.528 bits per heavy atom. The zero-order chi connectivity index (χ0) is 24.9. The van der Waals surface area contributed by atoms with Gasteiger partial charge < -0.3 is 4.90 Å². The van der Waals surface area contributed by atoms with Crippen LogP contribution in [0.15, 0.2) is 121 Å². The maximum absolute atomic E-state index is 14.7. The van der Waals surface area contributed by atoms with Gasteiger partial charge in [-0.15, -0.1) is 0 Å². The van der Waals surface area contributed by atoms with Crippen molar-refractivity contribution in [2.24, 2.45) is 0 Å². The van der Waals surface area contributed by atoms with Crippen molar-refractivity contribution in [1.29, 1.82) is 10.5 Å². The molecule has 0 amide bonds. The lowest BCUT2D eigenvalue weighted by Gasteiger charge is -2.28. The lowest BCUT2D eigenvalue weighted by molar-refractivity contribution is 0.620. The summed E-state index contributed by atoms with van der Waals surface area (Å²) in [7, 11) is 0. The average Bonchev–Trinajstić information content (AvgIpc) is 2.95. The molecule has 0 heterocycles. The highest BCUT2D eigenvalue weighted by atomic mass is 19.1. The van der Waals surface area contributed by atoms with E-state index in [2.05, 4.69) is 6.07 Å². The Bertz CT molecular complexity index is 1580. The highest BCUT2D eigenvalue weighted by Gasteiger charge is 2.21. The van der Waals surface area contributed by atoms with Crippen LogP contribution in [0.5, 0.6) is 0 Å². The van der Waals surface area contributed by atoms with E-state index in [9.17, 15) is 14.9 Å². The van der Waals surface area contributed by atoms with Crippen LogP contribution in [0.4, 0.5) is 21.5 Å². The third kappa shape index (κ3) is 4.32. The van der Waals surface area contributed by atoms with Gasteiger partial charge in [-0.25, -0.2) is 4.39 Å². The van der Waals surface area contributed by atoms with E-state index in [0.717, 1.165) is 33.6 Å². The molecule has 0 aliphatic carbocycles. The summed E-state index contributed by atoms with van der Waals surface area (Å²) < 4.78 is 14.7. The van der Waals surface area contributed by atoms with Crippen LogP contribution in [0.25, 0.3) is 22.3 Å². The zero-order valence-electron chi connectivity index (χ0n) is 19.3. The maximum Gasteiger partial charge on any atom is 0.158 e. The van der Waals surface area contributed by atoms with E-state index in [1.165, 1.54) is 12.1 Å². The summed E-state index contributed by atoms with van der Waals surface area (Å²) in [5.41, 5.74) is 5.88.